The molecule has 0 amide bonds. The number of hydrogen-bond acceptors (Lipinski definition) is 7. The Balaban J connectivity index is 1.29. The fraction of sp³-hybridized carbons (Fsp3) is 0.500. The predicted octanol–water partition coefficient (Wildman–Crippen LogP) is 4.86. The highest BCUT2D eigenvalue weighted by Gasteiger charge is 2.33. The number of nitrogens with zero attached hydrogens (tertiary/aromatic N) is 1. The number of hydrogen-bond donors (Lipinski definition) is 6. The Morgan fingerprint density at radius 2 is 0.782 bits per heavy atom. The molecule has 55 heavy (non-hydrogen) atoms. The van der Waals surface area contributed by atoms with E-state index in [1.807, 2.05) is 4.90 Å². The van der Waals surface area contributed by atoms with Crippen molar-refractivity contribution in [1.29, 1.82) is 0 Å². The van der Waals surface area contributed by atoms with E-state index in [2.05, 4.69) is 16.0 Å². The average molecular weight is 765 g/mol. The molecule has 3 aliphatic heterocycles. The molecule has 0 unspecified atom stereocenters. The standard InChI is InChI=1S/C42H51F3N4O6/c43-34-10-25(16-37(40(50)51)31-1-4-46-19-31)7-28(13-34)22-49(23-29-8-26(11-35(44)14-29)17-38(41(52)53)32-2-5-47-20-32)24-30-9-27(12-36(45)15-30)18-39(42(54)55)33-3-6-48-21-33/h7-15,31-33,37-39,46-48H,1-6,16-24H2,(H,50,51)(H,52,53)(H,54,55)/t31-,32-,33-,37-,38-,39-/m0/s1. The highest BCUT2D eigenvalue weighted by atomic mass is 19.1. The third-order valence-corrected chi connectivity index (χ3v) is 11.6. The van der Waals surface area contributed by atoms with E-state index in [1.165, 1.54) is 36.4 Å². The number of aliphatic carboxylic acids is 3. The third-order valence-electron chi connectivity index (χ3n) is 11.6. The van der Waals surface area contributed by atoms with Gasteiger partial charge in [-0.2, -0.15) is 0 Å². The molecule has 0 radical (unpaired) electrons. The van der Waals surface area contributed by atoms with Gasteiger partial charge in [0.1, 0.15) is 17.5 Å². The molecule has 296 valence electrons. The summed E-state index contributed by atoms with van der Waals surface area (Å²) in [6.07, 6.45) is 2.59. The van der Waals surface area contributed by atoms with E-state index >= 15 is 13.2 Å². The summed E-state index contributed by atoms with van der Waals surface area (Å²) in [6, 6.07) is 13.5. The summed E-state index contributed by atoms with van der Waals surface area (Å²) >= 11 is 0. The van der Waals surface area contributed by atoms with Crippen LogP contribution >= 0.6 is 0 Å². The third kappa shape index (κ3) is 11.2. The number of rotatable bonds is 18. The number of nitrogens with one attached hydrogen (secondary N) is 3. The summed E-state index contributed by atoms with van der Waals surface area (Å²) in [6.45, 7) is 4.34. The molecule has 3 saturated heterocycles. The number of benzene rings is 3. The minimum atomic E-state index is -0.936. The smallest absolute Gasteiger partial charge is 0.307 e. The molecule has 10 nitrogen and oxygen atoms in total. The molecule has 0 aromatic heterocycles. The van der Waals surface area contributed by atoms with Gasteiger partial charge in [-0.05, 0) is 165 Å². The molecule has 3 aliphatic rings. The van der Waals surface area contributed by atoms with E-state index < -0.39 is 53.1 Å². The fourth-order valence-electron chi connectivity index (χ4n) is 8.91. The Morgan fingerprint density at radius 3 is 1.02 bits per heavy atom. The lowest BCUT2D eigenvalue weighted by atomic mass is 9.85. The van der Waals surface area contributed by atoms with Crippen molar-refractivity contribution in [3.05, 3.63) is 105 Å². The zero-order valence-corrected chi connectivity index (χ0v) is 30.9. The molecule has 3 fully saturated rings. The Morgan fingerprint density at radius 1 is 0.509 bits per heavy atom. The Hall–Kier alpha value is -4.30. The summed E-state index contributed by atoms with van der Waals surface area (Å²) in [4.78, 5) is 38.6. The maximum Gasteiger partial charge on any atom is 0.307 e. The summed E-state index contributed by atoms with van der Waals surface area (Å²) in [5.41, 5.74) is 3.27. The van der Waals surface area contributed by atoms with Crippen LogP contribution in [-0.4, -0.2) is 77.4 Å². The van der Waals surface area contributed by atoms with Crippen LogP contribution in [0.3, 0.4) is 0 Å². The van der Waals surface area contributed by atoms with Crippen LogP contribution in [-0.2, 0) is 53.3 Å². The van der Waals surface area contributed by atoms with Crippen LogP contribution in [0.1, 0.15) is 52.6 Å². The summed E-state index contributed by atoms with van der Waals surface area (Å²) in [5, 5.41) is 39.7. The molecular weight excluding hydrogens is 713 g/mol. The van der Waals surface area contributed by atoms with Crippen molar-refractivity contribution in [3.8, 4) is 0 Å². The Labute approximate surface area is 319 Å². The molecule has 6 N–H and O–H groups in total. The van der Waals surface area contributed by atoms with Gasteiger partial charge in [-0.3, -0.25) is 19.3 Å². The molecule has 3 aromatic carbocycles. The summed E-state index contributed by atoms with van der Waals surface area (Å²) in [5.74, 6) is -6.71. The van der Waals surface area contributed by atoms with Crippen molar-refractivity contribution in [1.82, 2.24) is 20.9 Å². The predicted molar refractivity (Wildman–Crippen MR) is 200 cm³/mol. The van der Waals surface area contributed by atoms with Crippen LogP contribution in [0.5, 0.6) is 0 Å². The second-order valence-electron chi connectivity index (χ2n) is 15.8. The SMILES string of the molecule is O=C(O)[C@@H](Cc1cc(F)cc(CN(Cc2cc(F)cc(C[C@H](C(=O)O)[C@H]3CCNC3)c2)Cc2cc(F)cc(C[C@H](C(=O)O)[C@H]3CCNC3)c2)c1)[C@H]1CCNC1. The maximum atomic E-state index is 15.2. The highest BCUT2D eigenvalue weighted by molar-refractivity contribution is 5.72. The number of carboxylic acid groups (broad SMARTS) is 3. The van der Waals surface area contributed by atoms with Crippen molar-refractivity contribution in [2.24, 2.45) is 35.5 Å². The quantitative estimate of drug-likeness (QED) is 0.106. The van der Waals surface area contributed by atoms with E-state index in [-0.39, 0.29) is 56.7 Å². The van der Waals surface area contributed by atoms with Gasteiger partial charge in [-0.1, -0.05) is 18.2 Å². The molecule has 13 heteroatoms. The molecule has 0 aliphatic carbocycles. The molecule has 3 heterocycles. The van der Waals surface area contributed by atoms with Crippen molar-refractivity contribution in [2.75, 3.05) is 39.3 Å². The molecule has 0 saturated carbocycles. The van der Waals surface area contributed by atoms with Crippen LogP contribution in [0.15, 0.2) is 54.6 Å². The van der Waals surface area contributed by atoms with Gasteiger partial charge in [0.2, 0.25) is 0 Å². The van der Waals surface area contributed by atoms with Crippen molar-refractivity contribution >= 4 is 17.9 Å². The van der Waals surface area contributed by atoms with Gasteiger partial charge in [-0.25, -0.2) is 13.2 Å². The van der Waals surface area contributed by atoms with Gasteiger partial charge in [0.15, 0.2) is 0 Å². The summed E-state index contributed by atoms with van der Waals surface area (Å²) in [7, 11) is 0. The lowest BCUT2D eigenvalue weighted by Crippen LogP contribution is -2.28. The first kappa shape index (κ1) is 40.4. The van der Waals surface area contributed by atoms with Crippen molar-refractivity contribution in [2.45, 2.75) is 58.2 Å². The number of carboxylic acids is 3. The topological polar surface area (TPSA) is 151 Å². The van der Waals surface area contributed by atoms with Gasteiger partial charge >= 0.3 is 17.9 Å². The summed E-state index contributed by atoms with van der Waals surface area (Å²) < 4.78 is 45.7. The number of halogens is 3. The lowest BCUT2D eigenvalue weighted by Gasteiger charge is -2.25. The second kappa shape index (κ2) is 18.6. The number of carbonyl (C=O) groups is 3. The molecule has 0 spiro atoms. The molecule has 3 aromatic rings. The van der Waals surface area contributed by atoms with Crippen LogP contribution < -0.4 is 16.0 Å². The Kier molecular flexibility index (Phi) is 13.6. The van der Waals surface area contributed by atoms with Crippen LogP contribution in [0.4, 0.5) is 13.2 Å². The van der Waals surface area contributed by atoms with E-state index in [0.29, 0.717) is 72.3 Å². The van der Waals surface area contributed by atoms with E-state index in [0.717, 1.165) is 19.6 Å². The Bertz CT molecular complexity index is 1620. The van der Waals surface area contributed by atoms with Gasteiger partial charge in [-0.15, -0.1) is 0 Å². The van der Waals surface area contributed by atoms with E-state index in [4.69, 9.17) is 0 Å². The maximum absolute atomic E-state index is 15.2. The molecule has 6 rings (SSSR count). The first-order valence-electron chi connectivity index (χ1n) is 19.3. The lowest BCUT2D eigenvalue weighted by molar-refractivity contribution is -0.144. The first-order valence-corrected chi connectivity index (χ1v) is 19.3. The van der Waals surface area contributed by atoms with Crippen LogP contribution in [0, 0.1) is 53.0 Å². The minimum Gasteiger partial charge on any atom is -0.481 e. The molecule has 6 atom stereocenters. The monoisotopic (exact) mass is 764 g/mol. The largest absolute Gasteiger partial charge is 0.481 e. The van der Waals surface area contributed by atoms with Gasteiger partial charge in [0, 0.05) is 19.6 Å². The highest BCUT2D eigenvalue weighted by Crippen LogP contribution is 2.29. The minimum absolute atomic E-state index is 0.0821. The van der Waals surface area contributed by atoms with Crippen LogP contribution in [0.25, 0.3) is 0 Å². The van der Waals surface area contributed by atoms with Crippen LogP contribution in [0.2, 0.25) is 0 Å². The zero-order chi connectivity index (χ0) is 39.1. The zero-order valence-electron chi connectivity index (χ0n) is 30.9. The molecular formula is C42H51F3N4O6. The van der Waals surface area contributed by atoms with Gasteiger partial charge in [0.25, 0.3) is 0 Å². The second-order valence-corrected chi connectivity index (χ2v) is 15.8. The average Bonchev–Trinajstić information content (AvgIpc) is 3.93. The van der Waals surface area contributed by atoms with E-state index in [1.54, 1.807) is 18.2 Å². The normalized spacial score (nSPS) is 21.5. The molecule has 0 bridgehead atoms. The van der Waals surface area contributed by atoms with Gasteiger partial charge in [0.05, 0.1) is 17.8 Å². The first-order chi connectivity index (χ1) is 26.4. The van der Waals surface area contributed by atoms with E-state index in [9.17, 15) is 29.7 Å². The van der Waals surface area contributed by atoms with Crippen molar-refractivity contribution < 1.29 is 42.9 Å². The van der Waals surface area contributed by atoms with Gasteiger partial charge < -0.3 is 31.3 Å². The van der Waals surface area contributed by atoms with Crippen molar-refractivity contribution in [3.63, 3.8) is 0 Å². The fourth-order valence-corrected chi connectivity index (χ4v) is 8.91.